The van der Waals surface area contributed by atoms with Crippen molar-refractivity contribution in [1.29, 1.82) is 0 Å². The van der Waals surface area contributed by atoms with Crippen molar-refractivity contribution in [3.63, 3.8) is 0 Å². The number of ether oxygens (including phenoxy) is 2. The topological polar surface area (TPSA) is 52.6 Å². The van der Waals surface area contributed by atoms with E-state index in [0.29, 0.717) is 12.4 Å². The minimum atomic E-state index is -0.350. The van der Waals surface area contributed by atoms with E-state index >= 15 is 0 Å². The van der Waals surface area contributed by atoms with Gasteiger partial charge in [0.25, 0.3) is 0 Å². The quantitative estimate of drug-likeness (QED) is 0.734. The zero-order valence-electron chi connectivity index (χ0n) is 12.0. The summed E-state index contributed by atoms with van der Waals surface area (Å²) in [7, 11) is 0. The van der Waals surface area contributed by atoms with E-state index in [1.165, 1.54) is 0 Å². The van der Waals surface area contributed by atoms with Crippen LogP contribution in [0.4, 0.5) is 0 Å². The molecule has 2 rings (SSSR count). The van der Waals surface area contributed by atoms with Gasteiger partial charge >= 0.3 is 5.97 Å². The molecule has 0 aliphatic rings. The third kappa shape index (κ3) is 4.60. The fraction of sp³-hybridized carbons (Fsp3) is 0.294. The number of rotatable bonds is 7. The van der Waals surface area contributed by atoms with Gasteiger partial charge in [0.1, 0.15) is 12.4 Å². The van der Waals surface area contributed by atoms with Crippen LogP contribution in [0.3, 0.4) is 0 Å². The molecule has 4 heteroatoms. The van der Waals surface area contributed by atoms with Crippen LogP contribution in [0.25, 0.3) is 10.8 Å². The largest absolute Gasteiger partial charge is 0.486 e. The van der Waals surface area contributed by atoms with Gasteiger partial charge in [0.2, 0.25) is 0 Å². The standard InChI is InChI=1S/C17H18O4/c1-2-20-17(19)10-8-15(18)12-21-16-9-7-13-5-3-4-6-14(13)11-16/h3-7,9,11H,2,8,10,12H2,1H3. The molecule has 0 amide bonds. The molecule has 0 unspecified atom stereocenters. The number of hydrogen-bond donors (Lipinski definition) is 0. The Morgan fingerprint density at radius 1 is 1.00 bits per heavy atom. The summed E-state index contributed by atoms with van der Waals surface area (Å²) in [5.74, 6) is 0.186. The molecule has 0 aliphatic heterocycles. The van der Waals surface area contributed by atoms with E-state index in [1.54, 1.807) is 6.92 Å². The maximum atomic E-state index is 11.7. The van der Waals surface area contributed by atoms with Gasteiger partial charge in [-0.05, 0) is 29.8 Å². The zero-order valence-corrected chi connectivity index (χ0v) is 12.0. The number of Topliss-reactive ketones (excluding diaryl/α,β-unsaturated/α-hetero) is 1. The lowest BCUT2D eigenvalue weighted by Gasteiger charge is -2.07. The predicted octanol–water partition coefficient (Wildman–Crippen LogP) is 3.13. The van der Waals surface area contributed by atoms with Gasteiger partial charge in [-0.3, -0.25) is 9.59 Å². The molecule has 0 radical (unpaired) electrons. The predicted molar refractivity (Wildman–Crippen MR) is 80.3 cm³/mol. The van der Waals surface area contributed by atoms with Gasteiger partial charge < -0.3 is 9.47 Å². The molecule has 0 saturated carbocycles. The summed E-state index contributed by atoms with van der Waals surface area (Å²) in [5, 5.41) is 2.19. The monoisotopic (exact) mass is 286 g/mol. The SMILES string of the molecule is CCOC(=O)CCC(=O)COc1ccc2ccccc2c1. The first-order valence-electron chi connectivity index (χ1n) is 6.98. The number of ketones is 1. The minimum Gasteiger partial charge on any atom is -0.486 e. The van der Waals surface area contributed by atoms with Crippen LogP contribution in [0.1, 0.15) is 19.8 Å². The summed E-state index contributed by atoms with van der Waals surface area (Å²) >= 11 is 0. The van der Waals surface area contributed by atoms with Gasteiger partial charge in [-0.1, -0.05) is 30.3 Å². The van der Waals surface area contributed by atoms with Crippen LogP contribution in [-0.4, -0.2) is 25.0 Å². The number of carbonyl (C=O) groups excluding carboxylic acids is 2. The Kier molecular flexibility index (Phi) is 5.32. The van der Waals surface area contributed by atoms with E-state index in [9.17, 15) is 9.59 Å². The summed E-state index contributed by atoms with van der Waals surface area (Å²) in [5.41, 5.74) is 0. The van der Waals surface area contributed by atoms with E-state index in [2.05, 4.69) is 0 Å². The molecule has 0 heterocycles. The van der Waals surface area contributed by atoms with E-state index < -0.39 is 0 Å². The number of fused-ring (bicyclic) bond motifs is 1. The van der Waals surface area contributed by atoms with E-state index in [1.807, 2.05) is 42.5 Å². The van der Waals surface area contributed by atoms with E-state index in [-0.39, 0.29) is 31.2 Å². The van der Waals surface area contributed by atoms with Crippen LogP contribution in [-0.2, 0) is 14.3 Å². The van der Waals surface area contributed by atoms with Crippen LogP contribution in [0, 0.1) is 0 Å². The molecule has 0 saturated heterocycles. The fourth-order valence-electron chi connectivity index (χ4n) is 1.97. The molecule has 0 N–H and O–H groups in total. The zero-order chi connectivity index (χ0) is 15.1. The van der Waals surface area contributed by atoms with Crippen LogP contribution in [0.5, 0.6) is 5.75 Å². The number of carbonyl (C=O) groups is 2. The Labute approximate surface area is 123 Å². The first-order chi connectivity index (χ1) is 10.2. The number of esters is 1. The van der Waals surface area contributed by atoms with E-state index in [4.69, 9.17) is 9.47 Å². The Hall–Kier alpha value is -2.36. The normalized spacial score (nSPS) is 10.3. The van der Waals surface area contributed by atoms with Crippen molar-refractivity contribution in [1.82, 2.24) is 0 Å². The second-order valence-corrected chi connectivity index (χ2v) is 4.64. The van der Waals surface area contributed by atoms with Crippen LogP contribution < -0.4 is 4.74 Å². The highest BCUT2D eigenvalue weighted by molar-refractivity contribution is 5.85. The molecule has 2 aromatic rings. The van der Waals surface area contributed by atoms with Crippen molar-refractivity contribution in [3.05, 3.63) is 42.5 Å². The summed E-state index contributed by atoms with van der Waals surface area (Å²) in [6.07, 6.45) is 0.250. The highest BCUT2D eigenvalue weighted by Crippen LogP contribution is 2.20. The van der Waals surface area contributed by atoms with Gasteiger partial charge in [-0.2, -0.15) is 0 Å². The maximum absolute atomic E-state index is 11.7. The molecular formula is C17H18O4. The molecule has 2 aromatic carbocycles. The third-order valence-corrected chi connectivity index (χ3v) is 3.03. The molecule has 21 heavy (non-hydrogen) atoms. The van der Waals surface area contributed by atoms with Crippen molar-refractivity contribution >= 4 is 22.5 Å². The molecule has 4 nitrogen and oxygen atoms in total. The van der Waals surface area contributed by atoms with Gasteiger partial charge in [0.15, 0.2) is 5.78 Å². The van der Waals surface area contributed by atoms with Crippen LogP contribution >= 0.6 is 0 Å². The minimum absolute atomic E-state index is 0.0300. The Morgan fingerprint density at radius 3 is 2.52 bits per heavy atom. The number of hydrogen-bond acceptors (Lipinski definition) is 4. The molecule has 0 bridgehead atoms. The lowest BCUT2D eigenvalue weighted by Crippen LogP contribution is -2.14. The molecule has 0 aromatic heterocycles. The lowest BCUT2D eigenvalue weighted by molar-refractivity contribution is -0.144. The van der Waals surface area contributed by atoms with Crippen molar-refractivity contribution in [2.45, 2.75) is 19.8 Å². The number of benzene rings is 2. The van der Waals surface area contributed by atoms with Crippen LogP contribution in [0.15, 0.2) is 42.5 Å². The Balaban J connectivity index is 1.83. The van der Waals surface area contributed by atoms with Gasteiger partial charge in [0.05, 0.1) is 13.0 Å². The Morgan fingerprint density at radius 2 is 1.76 bits per heavy atom. The molecule has 110 valence electrons. The average Bonchev–Trinajstić information content (AvgIpc) is 2.51. The average molecular weight is 286 g/mol. The third-order valence-electron chi connectivity index (χ3n) is 3.03. The van der Waals surface area contributed by atoms with Gasteiger partial charge in [-0.15, -0.1) is 0 Å². The molecular weight excluding hydrogens is 268 g/mol. The summed E-state index contributed by atoms with van der Waals surface area (Å²) in [6.45, 7) is 2.04. The smallest absolute Gasteiger partial charge is 0.306 e. The van der Waals surface area contributed by atoms with Crippen molar-refractivity contribution in [2.75, 3.05) is 13.2 Å². The molecule has 0 fully saturated rings. The summed E-state index contributed by atoms with van der Waals surface area (Å²) < 4.78 is 10.2. The highest BCUT2D eigenvalue weighted by Gasteiger charge is 2.08. The molecule has 0 spiro atoms. The molecule has 0 aliphatic carbocycles. The van der Waals surface area contributed by atoms with Crippen molar-refractivity contribution < 1.29 is 19.1 Å². The maximum Gasteiger partial charge on any atom is 0.306 e. The first-order valence-corrected chi connectivity index (χ1v) is 6.98. The van der Waals surface area contributed by atoms with Gasteiger partial charge in [-0.25, -0.2) is 0 Å². The van der Waals surface area contributed by atoms with Crippen LogP contribution in [0.2, 0.25) is 0 Å². The lowest BCUT2D eigenvalue weighted by atomic mass is 10.1. The van der Waals surface area contributed by atoms with Gasteiger partial charge in [0, 0.05) is 6.42 Å². The summed E-state index contributed by atoms with van der Waals surface area (Å²) in [6, 6.07) is 13.6. The Bertz CT molecular complexity index is 633. The second kappa shape index (κ2) is 7.43. The molecule has 0 atom stereocenters. The first kappa shape index (κ1) is 15.0. The second-order valence-electron chi connectivity index (χ2n) is 4.64. The highest BCUT2D eigenvalue weighted by atomic mass is 16.5. The van der Waals surface area contributed by atoms with E-state index in [0.717, 1.165) is 10.8 Å². The fourth-order valence-corrected chi connectivity index (χ4v) is 1.97. The van der Waals surface area contributed by atoms with Crippen molar-refractivity contribution in [3.8, 4) is 5.75 Å². The summed E-state index contributed by atoms with van der Waals surface area (Å²) in [4.78, 5) is 22.8. The van der Waals surface area contributed by atoms with Crippen molar-refractivity contribution in [2.24, 2.45) is 0 Å².